The summed E-state index contributed by atoms with van der Waals surface area (Å²) in [5.74, 6) is -0.538. The lowest BCUT2D eigenvalue weighted by Crippen LogP contribution is -2.15. The van der Waals surface area contributed by atoms with Gasteiger partial charge in [0.25, 0.3) is 5.91 Å². The number of hydrogen-bond donors (Lipinski definition) is 2. The van der Waals surface area contributed by atoms with E-state index in [1.54, 1.807) is 12.3 Å². The molecule has 0 aromatic carbocycles. The van der Waals surface area contributed by atoms with Crippen LogP contribution in [0.4, 0.5) is 0 Å². The molecule has 3 N–H and O–H groups in total. The summed E-state index contributed by atoms with van der Waals surface area (Å²) in [6, 6.07) is 1.67. The maximum absolute atomic E-state index is 11.0. The summed E-state index contributed by atoms with van der Waals surface area (Å²) in [6.45, 7) is -0.0171. The molecule has 0 aliphatic rings. The Balaban J connectivity index is 3.17. The van der Waals surface area contributed by atoms with Crippen molar-refractivity contribution in [3.8, 4) is 0 Å². The van der Waals surface area contributed by atoms with E-state index in [0.717, 1.165) is 0 Å². The van der Waals surface area contributed by atoms with Gasteiger partial charge in [-0.15, -0.1) is 0 Å². The highest BCUT2D eigenvalue weighted by Gasteiger charge is 2.12. The number of hydrogen-bond acceptors (Lipinski definition) is 3. The van der Waals surface area contributed by atoms with E-state index in [9.17, 15) is 4.79 Å². The highest BCUT2D eigenvalue weighted by atomic mass is 79.9. The largest absolute Gasteiger partial charge is 0.396 e. The minimum absolute atomic E-state index is 0.0171. The molecule has 0 bridgehead atoms. The third-order valence-electron chi connectivity index (χ3n) is 1.62. The maximum Gasteiger partial charge on any atom is 0.251 e. The number of rotatable bonds is 3. The van der Waals surface area contributed by atoms with Crippen LogP contribution in [-0.2, 0) is 6.42 Å². The van der Waals surface area contributed by atoms with Crippen LogP contribution in [0.5, 0.6) is 0 Å². The van der Waals surface area contributed by atoms with Gasteiger partial charge < -0.3 is 10.8 Å². The summed E-state index contributed by atoms with van der Waals surface area (Å²) in [7, 11) is 0. The zero-order valence-electron chi connectivity index (χ0n) is 6.83. The third-order valence-corrected chi connectivity index (χ3v) is 2.22. The third kappa shape index (κ3) is 2.26. The van der Waals surface area contributed by atoms with Gasteiger partial charge in [0.2, 0.25) is 0 Å². The number of pyridine rings is 1. The van der Waals surface area contributed by atoms with Gasteiger partial charge in [0, 0.05) is 12.8 Å². The second-order valence-electron chi connectivity index (χ2n) is 2.47. The minimum Gasteiger partial charge on any atom is -0.396 e. The van der Waals surface area contributed by atoms with Gasteiger partial charge in [0.1, 0.15) is 4.60 Å². The minimum atomic E-state index is -0.538. The van der Waals surface area contributed by atoms with Crippen LogP contribution in [0.2, 0.25) is 0 Å². The first kappa shape index (κ1) is 10.1. The summed E-state index contributed by atoms with van der Waals surface area (Å²) in [5, 5.41) is 8.73. The van der Waals surface area contributed by atoms with Crippen molar-refractivity contribution in [2.75, 3.05) is 6.61 Å². The average Bonchev–Trinajstić information content (AvgIpc) is 2.04. The van der Waals surface area contributed by atoms with Crippen molar-refractivity contribution in [3.63, 3.8) is 0 Å². The Morgan fingerprint density at radius 1 is 1.69 bits per heavy atom. The Bertz CT molecular complexity index is 328. The summed E-state index contributed by atoms with van der Waals surface area (Å²) in [5.41, 5.74) is 6.20. The molecule has 0 aliphatic carbocycles. The Morgan fingerprint density at radius 3 is 2.92 bits per heavy atom. The number of aliphatic hydroxyl groups excluding tert-OH is 1. The molecule has 70 valence electrons. The Hall–Kier alpha value is -0.940. The van der Waals surface area contributed by atoms with Crippen molar-refractivity contribution in [2.24, 2.45) is 5.73 Å². The molecule has 1 aromatic heterocycles. The smallest absolute Gasteiger partial charge is 0.251 e. The molecule has 1 rings (SSSR count). The molecule has 0 radical (unpaired) electrons. The van der Waals surface area contributed by atoms with Crippen molar-refractivity contribution in [3.05, 3.63) is 28.0 Å². The zero-order valence-corrected chi connectivity index (χ0v) is 8.41. The molecular formula is C8H9BrN2O2. The van der Waals surface area contributed by atoms with Gasteiger partial charge in [-0.2, -0.15) is 0 Å². The molecule has 0 unspecified atom stereocenters. The number of carbonyl (C=O) groups excluding carboxylic acids is 1. The molecular weight excluding hydrogens is 236 g/mol. The number of carbonyl (C=O) groups is 1. The molecule has 1 amide bonds. The van der Waals surface area contributed by atoms with Crippen LogP contribution in [0, 0.1) is 0 Å². The van der Waals surface area contributed by atoms with E-state index >= 15 is 0 Å². The second-order valence-corrected chi connectivity index (χ2v) is 3.22. The summed E-state index contributed by atoms with van der Waals surface area (Å²) in [4.78, 5) is 14.9. The molecule has 1 aromatic rings. The van der Waals surface area contributed by atoms with E-state index in [-0.39, 0.29) is 6.61 Å². The number of nitrogens with two attached hydrogens (primary N) is 1. The molecule has 13 heavy (non-hydrogen) atoms. The first-order chi connectivity index (χ1) is 6.16. The van der Waals surface area contributed by atoms with Crippen molar-refractivity contribution in [1.29, 1.82) is 0 Å². The van der Waals surface area contributed by atoms with Gasteiger partial charge >= 0.3 is 0 Å². The lowest BCUT2D eigenvalue weighted by atomic mass is 10.1. The molecule has 0 saturated carbocycles. The fourth-order valence-corrected chi connectivity index (χ4v) is 1.63. The normalized spacial score (nSPS) is 10.0. The fraction of sp³-hybridized carbons (Fsp3) is 0.250. The fourth-order valence-electron chi connectivity index (χ4n) is 1.06. The van der Waals surface area contributed by atoms with Crippen LogP contribution in [0.25, 0.3) is 0 Å². The van der Waals surface area contributed by atoms with Crippen molar-refractivity contribution >= 4 is 21.8 Å². The van der Waals surface area contributed by atoms with Crippen LogP contribution in [0.15, 0.2) is 16.9 Å². The van der Waals surface area contributed by atoms with Crippen LogP contribution in [0.3, 0.4) is 0 Å². The van der Waals surface area contributed by atoms with Gasteiger partial charge in [-0.1, -0.05) is 0 Å². The predicted molar refractivity (Wildman–Crippen MR) is 51.2 cm³/mol. The maximum atomic E-state index is 11.0. The highest BCUT2D eigenvalue weighted by molar-refractivity contribution is 9.10. The number of primary amides is 1. The topological polar surface area (TPSA) is 76.2 Å². The molecule has 0 spiro atoms. The van der Waals surface area contributed by atoms with Gasteiger partial charge in [-0.3, -0.25) is 4.79 Å². The van der Waals surface area contributed by atoms with Crippen molar-refractivity contribution in [1.82, 2.24) is 4.98 Å². The van der Waals surface area contributed by atoms with Crippen LogP contribution < -0.4 is 5.73 Å². The number of halogens is 1. The van der Waals surface area contributed by atoms with Crippen molar-refractivity contribution < 1.29 is 9.90 Å². The first-order valence-corrected chi connectivity index (χ1v) is 4.50. The Kier molecular flexibility index (Phi) is 3.39. The monoisotopic (exact) mass is 244 g/mol. The number of aliphatic hydroxyl groups is 1. The zero-order chi connectivity index (χ0) is 9.84. The molecule has 1 heterocycles. The molecule has 0 atom stereocenters. The highest BCUT2D eigenvalue weighted by Crippen LogP contribution is 2.17. The van der Waals surface area contributed by atoms with Crippen LogP contribution in [0.1, 0.15) is 15.9 Å². The summed E-state index contributed by atoms with van der Waals surface area (Å²) >= 11 is 3.12. The SMILES string of the molecule is NC(=O)c1c(CCO)ccnc1Br. The molecule has 0 saturated heterocycles. The molecule has 0 aliphatic heterocycles. The van der Waals surface area contributed by atoms with Crippen LogP contribution in [-0.4, -0.2) is 22.6 Å². The molecule has 0 fully saturated rings. The van der Waals surface area contributed by atoms with Gasteiger partial charge in [0.15, 0.2) is 0 Å². The van der Waals surface area contributed by atoms with Crippen molar-refractivity contribution in [2.45, 2.75) is 6.42 Å². The van der Waals surface area contributed by atoms with E-state index in [1.165, 1.54) is 0 Å². The summed E-state index contributed by atoms with van der Waals surface area (Å²) < 4.78 is 0.422. The predicted octanol–water partition coefficient (Wildman–Crippen LogP) is 0.478. The van der Waals surface area contributed by atoms with E-state index in [2.05, 4.69) is 20.9 Å². The Labute approximate surface area is 83.9 Å². The van der Waals surface area contributed by atoms with Gasteiger partial charge in [-0.05, 0) is 34.0 Å². The molecule has 4 nitrogen and oxygen atoms in total. The Morgan fingerprint density at radius 2 is 2.38 bits per heavy atom. The van der Waals surface area contributed by atoms with Gasteiger partial charge in [-0.25, -0.2) is 4.98 Å². The standard InChI is InChI=1S/C8H9BrN2O2/c9-7-6(8(10)13)5(2-4-12)1-3-11-7/h1,3,12H,2,4H2,(H2,10,13). The van der Waals surface area contributed by atoms with Crippen LogP contribution >= 0.6 is 15.9 Å². The van der Waals surface area contributed by atoms with E-state index in [0.29, 0.717) is 22.2 Å². The number of nitrogens with zero attached hydrogens (tertiary/aromatic N) is 1. The lowest BCUT2D eigenvalue weighted by molar-refractivity contribution is 0.0998. The van der Waals surface area contributed by atoms with E-state index in [4.69, 9.17) is 10.8 Å². The van der Waals surface area contributed by atoms with Gasteiger partial charge in [0.05, 0.1) is 5.56 Å². The number of aromatic nitrogens is 1. The van der Waals surface area contributed by atoms with E-state index in [1.807, 2.05) is 0 Å². The number of amides is 1. The average molecular weight is 245 g/mol. The first-order valence-electron chi connectivity index (χ1n) is 3.71. The second kappa shape index (κ2) is 4.34. The quantitative estimate of drug-likeness (QED) is 0.760. The molecule has 5 heteroatoms. The summed E-state index contributed by atoms with van der Waals surface area (Å²) in [6.07, 6.45) is 1.96. The van der Waals surface area contributed by atoms with E-state index < -0.39 is 5.91 Å². The lowest BCUT2D eigenvalue weighted by Gasteiger charge is -2.05.